The third-order valence-corrected chi connectivity index (χ3v) is 1.56. The smallest absolute Gasteiger partial charge is 0.265 e. The van der Waals surface area contributed by atoms with Crippen LogP contribution in [0, 0.1) is 0 Å². The van der Waals surface area contributed by atoms with E-state index in [0.717, 1.165) is 0 Å². The number of nitrogens with one attached hydrogen (secondary N) is 1. The molecule has 1 unspecified atom stereocenters. The van der Waals surface area contributed by atoms with Crippen LogP contribution in [-0.4, -0.2) is 41.8 Å². The first-order chi connectivity index (χ1) is 6.57. The molecule has 0 aliphatic rings. The molecular weight excluding hydrogens is 196 g/mol. The van der Waals surface area contributed by atoms with Gasteiger partial charge in [-0.3, -0.25) is 0 Å². The fourth-order valence-electron chi connectivity index (χ4n) is 0.784. The molecule has 14 heavy (non-hydrogen) atoms. The molecule has 0 aromatic rings. The number of amidine groups is 1. The standard InChI is InChI=1S/C7H15F2N3O2/c8-7(9)5(13)4-11-3-1-2-6(10)12-14/h5,7,11,13-14H,1-4H2,(H2,10,12). The molecule has 0 saturated heterocycles. The number of alkyl halides is 2. The SMILES string of the molecule is NC(CCCNCC(O)C(F)F)=NO. The summed E-state index contributed by atoms with van der Waals surface area (Å²) in [5, 5.41) is 22.2. The monoisotopic (exact) mass is 211 g/mol. The molecule has 0 aromatic heterocycles. The number of halogens is 2. The van der Waals surface area contributed by atoms with Gasteiger partial charge in [-0.15, -0.1) is 0 Å². The van der Waals surface area contributed by atoms with Crippen molar-refractivity contribution in [2.24, 2.45) is 10.9 Å². The summed E-state index contributed by atoms with van der Waals surface area (Å²) in [6, 6.07) is 0. The molecule has 0 heterocycles. The first kappa shape index (κ1) is 13.1. The molecule has 0 aromatic carbocycles. The lowest BCUT2D eigenvalue weighted by Gasteiger charge is -2.09. The molecule has 7 heteroatoms. The molecule has 1 atom stereocenters. The minimum atomic E-state index is -2.73. The van der Waals surface area contributed by atoms with E-state index < -0.39 is 12.5 Å². The van der Waals surface area contributed by atoms with Crippen molar-refractivity contribution in [3.8, 4) is 0 Å². The normalized spacial score (nSPS) is 14.7. The number of aliphatic hydroxyl groups excluding tert-OH is 1. The van der Waals surface area contributed by atoms with Crippen molar-refractivity contribution < 1.29 is 19.1 Å². The minimum Gasteiger partial charge on any atom is -0.409 e. The van der Waals surface area contributed by atoms with Crippen molar-refractivity contribution in [2.75, 3.05) is 13.1 Å². The van der Waals surface area contributed by atoms with Gasteiger partial charge in [-0.2, -0.15) is 0 Å². The number of hydrogen-bond donors (Lipinski definition) is 4. The highest BCUT2D eigenvalue weighted by atomic mass is 19.3. The van der Waals surface area contributed by atoms with E-state index in [0.29, 0.717) is 19.4 Å². The molecule has 0 bridgehead atoms. The van der Waals surface area contributed by atoms with Gasteiger partial charge in [-0.05, 0) is 13.0 Å². The van der Waals surface area contributed by atoms with Crippen LogP contribution in [0.4, 0.5) is 8.78 Å². The average molecular weight is 211 g/mol. The first-order valence-electron chi connectivity index (χ1n) is 4.21. The zero-order chi connectivity index (χ0) is 11.0. The van der Waals surface area contributed by atoms with Crippen molar-refractivity contribution in [2.45, 2.75) is 25.4 Å². The number of aliphatic hydroxyl groups is 1. The largest absolute Gasteiger partial charge is 0.409 e. The van der Waals surface area contributed by atoms with Gasteiger partial charge in [-0.25, -0.2) is 8.78 Å². The van der Waals surface area contributed by atoms with Crippen LogP contribution in [0.25, 0.3) is 0 Å². The Morgan fingerprint density at radius 1 is 1.50 bits per heavy atom. The number of nitrogens with two attached hydrogens (primary N) is 1. The van der Waals surface area contributed by atoms with Gasteiger partial charge in [0.1, 0.15) is 11.9 Å². The molecular formula is C7H15F2N3O2. The number of nitrogens with zero attached hydrogens (tertiary/aromatic N) is 1. The van der Waals surface area contributed by atoms with Crippen molar-refractivity contribution in [3.05, 3.63) is 0 Å². The lowest BCUT2D eigenvalue weighted by Crippen LogP contribution is -2.32. The van der Waals surface area contributed by atoms with Crippen molar-refractivity contribution in [1.29, 1.82) is 0 Å². The fourth-order valence-corrected chi connectivity index (χ4v) is 0.784. The van der Waals surface area contributed by atoms with E-state index in [-0.39, 0.29) is 12.4 Å². The highest BCUT2D eigenvalue weighted by Crippen LogP contribution is 1.98. The van der Waals surface area contributed by atoms with E-state index in [1.54, 1.807) is 0 Å². The van der Waals surface area contributed by atoms with Crippen LogP contribution in [-0.2, 0) is 0 Å². The van der Waals surface area contributed by atoms with E-state index in [9.17, 15) is 8.78 Å². The van der Waals surface area contributed by atoms with Crippen molar-refractivity contribution in [3.63, 3.8) is 0 Å². The molecule has 0 spiro atoms. The summed E-state index contributed by atoms with van der Waals surface area (Å²) in [5.74, 6) is 0.0983. The Bertz CT molecular complexity index is 178. The Hall–Kier alpha value is -0.950. The number of rotatable bonds is 7. The minimum absolute atomic E-state index is 0.0983. The quantitative estimate of drug-likeness (QED) is 0.153. The molecule has 5 nitrogen and oxygen atoms in total. The van der Waals surface area contributed by atoms with Crippen LogP contribution in [0.1, 0.15) is 12.8 Å². The predicted molar refractivity (Wildman–Crippen MR) is 47.5 cm³/mol. The lowest BCUT2D eigenvalue weighted by atomic mass is 10.3. The summed E-state index contributed by atoms with van der Waals surface area (Å²) in [7, 11) is 0. The highest BCUT2D eigenvalue weighted by molar-refractivity contribution is 5.79. The summed E-state index contributed by atoms with van der Waals surface area (Å²) in [6.07, 6.45) is -3.43. The first-order valence-corrected chi connectivity index (χ1v) is 4.21. The zero-order valence-corrected chi connectivity index (χ0v) is 7.66. The molecule has 84 valence electrons. The third-order valence-electron chi connectivity index (χ3n) is 1.56. The van der Waals surface area contributed by atoms with Crippen LogP contribution in [0.5, 0.6) is 0 Å². The second-order valence-electron chi connectivity index (χ2n) is 2.80. The van der Waals surface area contributed by atoms with Crippen LogP contribution < -0.4 is 11.1 Å². The van der Waals surface area contributed by atoms with E-state index in [1.807, 2.05) is 0 Å². The van der Waals surface area contributed by atoms with Gasteiger partial charge in [-0.1, -0.05) is 5.16 Å². The van der Waals surface area contributed by atoms with E-state index in [1.165, 1.54) is 0 Å². The molecule has 0 rings (SSSR count). The maximum Gasteiger partial charge on any atom is 0.265 e. The summed E-state index contributed by atoms with van der Waals surface area (Å²) in [5.41, 5.74) is 5.17. The Morgan fingerprint density at radius 2 is 2.14 bits per heavy atom. The average Bonchev–Trinajstić information content (AvgIpc) is 2.16. The second-order valence-corrected chi connectivity index (χ2v) is 2.80. The van der Waals surface area contributed by atoms with Crippen LogP contribution in [0.3, 0.4) is 0 Å². The molecule has 5 N–H and O–H groups in total. The van der Waals surface area contributed by atoms with Crippen molar-refractivity contribution in [1.82, 2.24) is 5.32 Å². The second kappa shape index (κ2) is 7.45. The van der Waals surface area contributed by atoms with Gasteiger partial charge in [0.2, 0.25) is 0 Å². The lowest BCUT2D eigenvalue weighted by molar-refractivity contribution is -0.00314. The molecule has 0 fully saturated rings. The van der Waals surface area contributed by atoms with Gasteiger partial charge < -0.3 is 21.4 Å². The van der Waals surface area contributed by atoms with Gasteiger partial charge in [0.15, 0.2) is 0 Å². The zero-order valence-electron chi connectivity index (χ0n) is 7.66. The molecule has 0 aliphatic heterocycles. The molecule has 0 aliphatic carbocycles. The Kier molecular flexibility index (Phi) is 6.95. The van der Waals surface area contributed by atoms with E-state index >= 15 is 0 Å². The van der Waals surface area contributed by atoms with Crippen LogP contribution >= 0.6 is 0 Å². The highest BCUT2D eigenvalue weighted by Gasteiger charge is 2.15. The maximum absolute atomic E-state index is 11.8. The molecule has 0 saturated carbocycles. The van der Waals surface area contributed by atoms with Crippen LogP contribution in [0.2, 0.25) is 0 Å². The summed E-state index contributed by atoms with van der Waals surface area (Å²) < 4.78 is 23.5. The fraction of sp³-hybridized carbons (Fsp3) is 0.857. The van der Waals surface area contributed by atoms with Gasteiger partial charge >= 0.3 is 0 Å². The topological polar surface area (TPSA) is 90.9 Å². The van der Waals surface area contributed by atoms with Crippen LogP contribution in [0.15, 0.2) is 5.16 Å². The molecule has 0 radical (unpaired) electrons. The predicted octanol–water partition coefficient (Wildman–Crippen LogP) is -0.271. The van der Waals surface area contributed by atoms with Crippen molar-refractivity contribution >= 4 is 5.84 Å². The van der Waals surface area contributed by atoms with Gasteiger partial charge in [0, 0.05) is 13.0 Å². The van der Waals surface area contributed by atoms with Gasteiger partial charge in [0.05, 0.1) is 0 Å². The summed E-state index contributed by atoms with van der Waals surface area (Å²) in [4.78, 5) is 0. The number of oxime groups is 1. The third kappa shape index (κ3) is 6.55. The summed E-state index contributed by atoms with van der Waals surface area (Å²) >= 11 is 0. The van der Waals surface area contributed by atoms with E-state index in [2.05, 4.69) is 10.5 Å². The molecule has 0 amide bonds. The Balaban J connectivity index is 3.30. The maximum atomic E-state index is 11.8. The van der Waals surface area contributed by atoms with Gasteiger partial charge in [0.25, 0.3) is 6.43 Å². The summed E-state index contributed by atoms with van der Waals surface area (Å²) in [6.45, 7) is 0.272. The number of hydrogen-bond acceptors (Lipinski definition) is 4. The Labute approximate surface area is 80.6 Å². The van der Waals surface area contributed by atoms with E-state index in [4.69, 9.17) is 16.0 Å². The Morgan fingerprint density at radius 3 is 2.64 bits per heavy atom.